The lowest BCUT2D eigenvalue weighted by Gasteiger charge is -2.26. The van der Waals surface area contributed by atoms with Gasteiger partial charge in [0.1, 0.15) is 6.29 Å². The van der Waals surface area contributed by atoms with Gasteiger partial charge in [0.25, 0.3) is 0 Å². The summed E-state index contributed by atoms with van der Waals surface area (Å²) in [4.78, 5) is 15.0. The number of rotatable bonds is 4. The van der Waals surface area contributed by atoms with Crippen LogP contribution < -0.4 is 0 Å². The van der Waals surface area contributed by atoms with E-state index in [1.807, 2.05) is 18.2 Å². The highest BCUT2D eigenvalue weighted by Crippen LogP contribution is 2.34. The fraction of sp³-hybridized carbons (Fsp3) is 0.500. The number of nitrogens with one attached hydrogen (secondary N) is 1. The first-order valence-electron chi connectivity index (χ1n) is 7.91. The van der Waals surface area contributed by atoms with Gasteiger partial charge >= 0.3 is 0 Å². The van der Waals surface area contributed by atoms with E-state index in [4.69, 9.17) is 11.6 Å². The molecule has 0 spiro atoms. The number of hydrogen-bond donors (Lipinski definition) is 1. The summed E-state index contributed by atoms with van der Waals surface area (Å²) in [6.45, 7) is 2.09. The largest absolute Gasteiger partial charge is 0.358 e. The molecule has 0 saturated heterocycles. The average molecular weight is 304 g/mol. The van der Waals surface area contributed by atoms with Crippen molar-refractivity contribution in [1.82, 2.24) is 4.98 Å². The van der Waals surface area contributed by atoms with E-state index in [2.05, 4.69) is 11.9 Å². The molecule has 0 amide bonds. The van der Waals surface area contributed by atoms with Crippen LogP contribution in [0.5, 0.6) is 0 Å². The van der Waals surface area contributed by atoms with Crippen LogP contribution in [-0.4, -0.2) is 11.3 Å². The molecular weight excluding hydrogens is 282 g/mol. The highest BCUT2D eigenvalue weighted by molar-refractivity contribution is 6.31. The van der Waals surface area contributed by atoms with Crippen molar-refractivity contribution in [1.29, 1.82) is 0 Å². The molecular formula is C18H22ClNO. The Hall–Kier alpha value is -1.28. The predicted molar refractivity (Wildman–Crippen MR) is 87.9 cm³/mol. The minimum Gasteiger partial charge on any atom is -0.358 e. The van der Waals surface area contributed by atoms with Crippen molar-refractivity contribution in [3.63, 3.8) is 0 Å². The molecule has 1 aromatic carbocycles. The summed E-state index contributed by atoms with van der Waals surface area (Å²) in [5.41, 5.74) is 3.53. The number of aromatic amines is 1. The fourth-order valence-electron chi connectivity index (χ4n) is 3.74. The molecule has 2 aromatic rings. The first-order valence-corrected chi connectivity index (χ1v) is 8.29. The Kier molecular flexibility index (Phi) is 4.34. The van der Waals surface area contributed by atoms with Gasteiger partial charge in [0, 0.05) is 27.5 Å². The monoisotopic (exact) mass is 303 g/mol. The lowest BCUT2D eigenvalue weighted by Crippen LogP contribution is -2.21. The van der Waals surface area contributed by atoms with Gasteiger partial charge in [-0.1, -0.05) is 30.9 Å². The lowest BCUT2D eigenvalue weighted by atomic mass is 9.78. The Morgan fingerprint density at radius 2 is 2.10 bits per heavy atom. The molecule has 112 valence electrons. The molecule has 1 fully saturated rings. The van der Waals surface area contributed by atoms with Crippen LogP contribution in [0, 0.1) is 18.8 Å². The minimum atomic E-state index is 0.141. The second kappa shape index (κ2) is 6.23. The van der Waals surface area contributed by atoms with Crippen LogP contribution in [0.15, 0.2) is 18.2 Å². The molecule has 1 aliphatic carbocycles. The maximum absolute atomic E-state index is 11.6. The SMILES string of the molecule is Cc1[nH]c2ccc(Cl)cc2c1C[C@@H](C=O)C1CCCCC1. The summed E-state index contributed by atoms with van der Waals surface area (Å²) in [7, 11) is 0. The molecule has 0 unspecified atom stereocenters. The van der Waals surface area contributed by atoms with Crippen molar-refractivity contribution in [2.75, 3.05) is 0 Å². The van der Waals surface area contributed by atoms with Crippen LogP contribution in [0.2, 0.25) is 5.02 Å². The Balaban J connectivity index is 1.90. The molecule has 1 aliphatic rings. The van der Waals surface area contributed by atoms with Gasteiger partial charge < -0.3 is 9.78 Å². The van der Waals surface area contributed by atoms with Gasteiger partial charge in [-0.3, -0.25) is 0 Å². The molecule has 2 nitrogen and oxygen atoms in total. The fourth-order valence-corrected chi connectivity index (χ4v) is 3.91. The summed E-state index contributed by atoms with van der Waals surface area (Å²) in [6.07, 6.45) is 8.28. The summed E-state index contributed by atoms with van der Waals surface area (Å²) < 4.78 is 0. The molecule has 1 saturated carbocycles. The van der Waals surface area contributed by atoms with E-state index in [1.54, 1.807) is 0 Å². The number of carbonyl (C=O) groups is 1. The van der Waals surface area contributed by atoms with Crippen LogP contribution in [-0.2, 0) is 11.2 Å². The van der Waals surface area contributed by atoms with Crippen LogP contribution in [0.25, 0.3) is 10.9 Å². The normalized spacial score (nSPS) is 18.0. The first-order chi connectivity index (χ1) is 10.2. The molecule has 1 atom stereocenters. The highest BCUT2D eigenvalue weighted by Gasteiger charge is 2.25. The summed E-state index contributed by atoms with van der Waals surface area (Å²) in [6, 6.07) is 5.94. The standard InChI is InChI=1S/C18H22ClNO/c1-12-16(17-10-15(19)7-8-18(17)20-12)9-14(11-21)13-5-3-2-4-6-13/h7-8,10-11,13-14,20H,2-6,9H2,1H3/t14-/m0/s1. The molecule has 1 N–H and O–H groups in total. The molecule has 3 heteroatoms. The Labute approximate surface area is 130 Å². The Morgan fingerprint density at radius 1 is 1.33 bits per heavy atom. The van der Waals surface area contributed by atoms with Gasteiger partial charge in [-0.05, 0) is 55.9 Å². The molecule has 0 bridgehead atoms. The van der Waals surface area contributed by atoms with E-state index >= 15 is 0 Å². The van der Waals surface area contributed by atoms with Crippen LogP contribution in [0.4, 0.5) is 0 Å². The third kappa shape index (κ3) is 3.01. The third-order valence-corrected chi connectivity index (χ3v) is 5.19. The summed E-state index contributed by atoms with van der Waals surface area (Å²) >= 11 is 6.14. The second-order valence-electron chi connectivity index (χ2n) is 6.32. The van der Waals surface area contributed by atoms with E-state index in [1.165, 1.54) is 49.3 Å². The maximum atomic E-state index is 11.6. The molecule has 0 radical (unpaired) electrons. The Morgan fingerprint density at radius 3 is 2.81 bits per heavy atom. The quantitative estimate of drug-likeness (QED) is 0.786. The van der Waals surface area contributed by atoms with Gasteiger partial charge in [0.15, 0.2) is 0 Å². The van der Waals surface area contributed by atoms with E-state index in [-0.39, 0.29) is 5.92 Å². The van der Waals surface area contributed by atoms with E-state index in [0.717, 1.165) is 22.7 Å². The number of fused-ring (bicyclic) bond motifs is 1. The van der Waals surface area contributed by atoms with E-state index in [0.29, 0.717) is 5.92 Å². The second-order valence-corrected chi connectivity index (χ2v) is 6.76. The number of hydrogen-bond acceptors (Lipinski definition) is 1. The van der Waals surface area contributed by atoms with Crippen molar-refractivity contribution in [3.8, 4) is 0 Å². The smallest absolute Gasteiger partial charge is 0.123 e. The number of aldehydes is 1. The number of aromatic nitrogens is 1. The zero-order chi connectivity index (χ0) is 14.8. The zero-order valence-electron chi connectivity index (χ0n) is 12.5. The number of aryl methyl sites for hydroxylation is 1. The van der Waals surface area contributed by atoms with E-state index < -0.39 is 0 Å². The highest BCUT2D eigenvalue weighted by atomic mass is 35.5. The Bertz CT molecular complexity index is 640. The third-order valence-electron chi connectivity index (χ3n) is 4.95. The average Bonchev–Trinajstić information content (AvgIpc) is 2.81. The van der Waals surface area contributed by atoms with Gasteiger partial charge in [0.2, 0.25) is 0 Å². The van der Waals surface area contributed by atoms with Crippen molar-refractivity contribution in [2.45, 2.75) is 45.4 Å². The minimum absolute atomic E-state index is 0.141. The summed E-state index contributed by atoms with van der Waals surface area (Å²) in [5.74, 6) is 0.696. The number of benzene rings is 1. The maximum Gasteiger partial charge on any atom is 0.123 e. The molecule has 21 heavy (non-hydrogen) atoms. The van der Waals surface area contributed by atoms with Crippen LogP contribution >= 0.6 is 11.6 Å². The van der Waals surface area contributed by atoms with Crippen molar-refractivity contribution in [2.24, 2.45) is 11.8 Å². The van der Waals surface area contributed by atoms with Crippen molar-refractivity contribution >= 4 is 28.8 Å². The summed E-state index contributed by atoms with van der Waals surface area (Å²) in [5, 5.41) is 1.92. The van der Waals surface area contributed by atoms with Crippen LogP contribution in [0.1, 0.15) is 43.4 Å². The predicted octanol–water partition coefficient (Wildman–Crippen LogP) is 5.07. The van der Waals surface area contributed by atoms with E-state index in [9.17, 15) is 4.79 Å². The van der Waals surface area contributed by atoms with Gasteiger partial charge in [0.05, 0.1) is 0 Å². The topological polar surface area (TPSA) is 32.9 Å². The molecule has 1 aromatic heterocycles. The number of H-pyrrole nitrogens is 1. The zero-order valence-corrected chi connectivity index (χ0v) is 13.2. The number of carbonyl (C=O) groups excluding carboxylic acids is 1. The van der Waals surface area contributed by atoms with Gasteiger partial charge in [-0.15, -0.1) is 0 Å². The van der Waals surface area contributed by atoms with Crippen molar-refractivity contribution in [3.05, 3.63) is 34.5 Å². The number of halogens is 1. The molecule has 1 heterocycles. The first kappa shape index (κ1) is 14.6. The lowest BCUT2D eigenvalue weighted by molar-refractivity contribution is -0.112. The van der Waals surface area contributed by atoms with Crippen molar-refractivity contribution < 1.29 is 4.79 Å². The van der Waals surface area contributed by atoms with Crippen LogP contribution in [0.3, 0.4) is 0 Å². The van der Waals surface area contributed by atoms with Gasteiger partial charge in [-0.2, -0.15) is 0 Å². The molecule has 0 aliphatic heterocycles. The molecule has 3 rings (SSSR count). The van der Waals surface area contributed by atoms with Gasteiger partial charge in [-0.25, -0.2) is 0 Å².